The van der Waals surface area contributed by atoms with Gasteiger partial charge in [-0.2, -0.15) is 10.2 Å². The summed E-state index contributed by atoms with van der Waals surface area (Å²) >= 11 is 0. The molecule has 5 heterocycles. The van der Waals surface area contributed by atoms with E-state index in [0.29, 0.717) is 5.82 Å². The van der Waals surface area contributed by atoms with Gasteiger partial charge in [0, 0.05) is 36.5 Å². The van der Waals surface area contributed by atoms with Gasteiger partial charge in [0.05, 0.1) is 35.2 Å². The number of aromatic nitrogens is 7. The minimum Gasteiger partial charge on any atom is -0.325 e. The van der Waals surface area contributed by atoms with Crippen molar-refractivity contribution in [2.45, 2.75) is 26.2 Å². The molecule has 0 bridgehead atoms. The predicted molar refractivity (Wildman–Crippen MR) is 146 cm³/mol. The zero-order valence-corrected chi connectivity index (χ0v) is 21.6. The number of pyridine rings is 2. The van der Waals surface area contributed by atoms with Gasteiger partial charge in [0.2, 0.25) is 0 Å². The lowest BCUT2D eigenvalue weighted by Gasteiger charge is -2.14. The highest BCUT2D eigenvalue weighted by atomic mass is 19.1. The average Bonchev–Trinajstić information content (AvgIpc) is 3.62. The fraction of sp³-hybridized carbons (Fsp3) is 0.172. The molecular weight excluding hydrogens is 479 g/mol. The van der Waals surface area contributed by atoms with E-state index in [2.05, 4.69) is 36.2 Å². The SMILES string of the molecule is Cn1cc(-c2ccn3c(-c4cccc(Nc5cc(C(C)(C)C)nn5-c5ccc(F)cc5)n4)cnc3c2)cn1. The Kier molecular flexibility index (Phi) is 5.56. The third-order valence-electron chi connectivity index (χ3n) is 6.37. The fourth-order valence-corrected chi connectivity index (χ4v) is 4.31. The number of nitrogens with zero attached hydrogens (tertiary/aromatic N) is 7. The van der Waals surface area contributed by atoms with Gasteiger partial charge in [0.15, 0.2) is 0 Å². The summed E-state index contributed by atoms with van der Waals surface area (Å²) in [7, 11) is 1.90. The van der Waals surface area contributed by atoms with E-state index < -0.39 is 0 Å². The van der Waals surface area contributed by atoms with Crippen LogP contribution in [-0.2, 0) is 12.5 Å². The van der Waals surface area contributed by atoms with Crippen LogP contribution in [0.2, 0.25) is 0 Å². The van der Waals surface area contributed by atoms with Crippen LogP contribution in [0.25, 0.3) is 33.8 Å². The van der Waals surface area contributed by atoms with Gasteiger partial charge < -0.3 is 5.32 Å². The monoisotopic (exact) mass is 506 g/mol. The van der Waals surface area contributed by atoms with Gasteiger partial charge in [0.1, 0.15) is 23.1 Å². The summed E-state index contributed by atoms with van der Waals surface area (Å²) in [4.78, 5) is 9.50. The molecule has 0 aliphatic rings. The van der Waals surface area contributed by atoms with E-state index in [9.17, 15) is 4.39 Å². The van der Waals surface area contributed by atoms with Crippen LogP contribution in [0.4, 0.5) is 16.0 Å². The highest BCUT2D eigenvalue weighted by Crippen LogP contribution is 2.29. The number of halogens is 1. The van der Waals surface area contributed by atoms with E-state index in [0.717, 1.165) is 45.4 Å². The van der Waals surface area contributed by atoms with Crippen molar-refractivity contribution < 1.29 is 4.39 Å². The van der Waals surface area contributed by atoms with Gasteiger partial charge >= 0.3 is 0 Å². The summed E-state index contributed by atoms with van der Waals surface area (Å²) < 4.78 is 19.2. The molecule has 0 saturated carbocycles. The maximum atomic E-state index is 13.6. The Bertz CT molecular complexity index is 1750. The van der Waals surface area contributed by atoms with E-state index in [1.54, 1.807) is 21.5 Å². The number of imidazole rings is 1. The van der Waals surface area contributed by atoms with Gasteiger partial charge in [0.25, 0.3) is 0 Å². The van der Waals surface area contributed by atoms with Crippen LogP contribution in [0, 0.1) is 5.82 Å². The number of rotatable bonds is 5. The first-order chi connectivity index (χ1) is 18.2. The van der Waals surface area contributed by atoms with Crippen LogP contribution in [-0.4, -0.2) is 33.9 Å². The standard InChI is InChI=1S/C29H27FN8/c1-29(2,3)25-15-28(38(35-25)22-10-8-21(30)9-11-22)34-26-7-5-6-23(33-26)24-17-31-27-14-19(12-13-37(24)27)20-16-32-36(4)18-20/h5-18H,1-4H3,(H,33,34). The van der Waals surface area contributed by atoms with Crippen LogP contribution in [0.3, 0.4) is 0 Å². The second-order valence-electron chi connectivity index (χ2n) is 10.3. The van der Waals surface area contributed by atoms with Crippen molar-refractivity contribution in [2.75, 3.05) is 5.32 Å². The summed E-state index contributed by atoms with van der Waals surface area (Å²) in [6.07, 6.45) is 7.65. The van der Waals surface area contributed by atoms with Crippen molar-refractivity contribution in [3.8, 4) is 28.2 Å². The van der Waals surface area contributed by atoms with Crippen molar-refractivity contribution in [2.24, 2.45) is 7.05 Å². The molecule has 8 nitrogen and oxygen atoms in total. The maximum Gasteiger partial charge on any atom is 0.137 e. The lowest BCUT2D eigenvalue weighted by atomic mass is 9.92. The smallest absolute Gasteiger partial charge is 0.137 e. The predicted octanol–water partition coefficient (Wildman–Crippen LogP) is 6.16. The van der Waals surface area contributed by atoms with Crippen molar-refractivity contribution in [1.82, 2.24) is 33.9 Å². The van der Waals surface area contributed by atoms with E-state index >= 15 is 0 Å². The lowest BCUT2D eigenvalue weighted by Crippen LogP contribution is -2.12. The van der Waals surface area contributed by atoms with Crippen molar-refractivity contribution >= 4 is 17.3 Å². The van der Waals surface area contributed by atoms with Crippen LogP contribution in [0.5, 0.6) is 0 Å². The fourth-order valence-electron chi connectivity index (χ4n) is 4.31. The quantitative estimate of drug-likeness (QED) is 0.303. The molecule has 0 amide bonds. The normalized spacial score (nSPS) is 11.8. The van der Waals surface area contributed by atoms with Crippen molar-refractivity contribution in [1.29, 1.82) is 0 Å². The molecule has 5 aromatic heterocycles. The number of aryl methyl sites for hydroxylation is 1. The summed E-state index contributed by atoms with van der Waals surface area (Å²) in [5, 5.41) is 12.5. The van der Waals surface area contributed by atoms with Crippen molar-refractivity contribution in [3.05, 3.63) is 97.0 Å². The minimum atomic E-state index is -0.290. The third kappa shape index (κ3) is 4.43. The van der Waals surface area contributed by atoms with Gasteiger partial charge in [-0.25, -0.2) is 19.0 Å². The highest BCUT2D eigenvalue weighted by Gasteiger charge is 2.21. The van der Waals surface area contributed by atoms with E-state index in [-0.39, 0.29) is 11.2 Å². The Morgan fingerprint density at radius 1 is 0.921 bits per heavy atom. The van der Waals surface area contributed by atoms with E-state index in [1.165, 1.54) is 12.1 Å². The topological polar surface area (TPSA) is 77.9 Å². The molecule has 190 valence electrons. The van der Waals surface area contributed by atoms with Gasteiger partial charge in [-0.3, -0.25) is 9.08 Å². The number of hydrogen-bond acceptors (Lipinski definition) is 5. The number of hydrogen-bond donors (Lipinski definition) is 1. The molecule has 0 spiro atoms. The molecular formula is C29H27FN8. The first-order valence-electron chi connectivity index (χ1n) is 12.3. The molecule has 1 aromatic carbocycles. The third-order valence-corrected chi connectivity index (χ3v) is 6.37. The first kappa shape index (κ1) is 23.6. The Labute approximate surface area is 219 Å². The average molecular weight is 507 g/mol. The summed E-state index contributed by atoms with van der Waals surface area (Å²) in [6.45, 7) is 6.33. The second-order valence-corrected chi connectivity index (χ2v) is 10.3. The Balaban J connectivity index is 1.35. The molecule has 0 saturated heterocycles. The largest absolute Gasteiger partial charge is 0.325 e. The zero-order chi connectivity index (χ0) is 26.4. The molecule has 0 fully saturated rings. The molecule has 38 heavy (non-hydrogen) atoms. The molecule has 0 atom stereocenters. The summed E-state index contributed by atoms with van der Waals surface area (Å²) in [5.41, 5.74) is 6.07. The molecule has 6 rings (SSSR count). The number of nitrogens with one attached hydrogen (secondary N) is 1. The minimum absolute atomic E-state index is 0.165. The number of anilines is 2. The van der Waals surface area contributed by atoms with Crippen LogP contribution in [0.1, 0.15) is 26.5 Å². The molecule has 0 unspecified atom stereocenters. The van der Waals surface area contributed by atoms with Gasteiger partial charge in [-0.05, 0) is 54.1 Å². The van der Waals surface area contributed by atoms with Crippen LogP contribution < -0.4 is 5.32 Å². The van der Waals surface area contributed by atoms with E-state index in [1.807, 2.05) is 72.6 Å². The summed E-state index contributed by atoms with van der Waals surface area (Å²) in [6, 6.07) is 18.2. The Hall–Kier alpha value is -4.79. The van der Waals surface area contributed by atoms with Gasteiger partial charge in [-0.15, -0.1) is 0 Å². The molecule has 9 heteroatoms. The zero-order valence-electron chi connectivity index (χ0n) is 21.6. The Morgan fingerprint density at radius 3 is 2.47 bits per heavy atom. The van der Waals surface area contributed by atoms with Crippen LogP contribution in [0.15, 0.2) is 85.5 Å². The molecule has 6 aromatic rings. The molecule has 1 N–H and O–H groups in total. The lowest BCUT2D eigenvalue weighted by molar-refractivity contribution is 0.560. The molecule has 0 aliphatic heterocycles. The van der Waals surface area contributed by atoms with Crippen molar-refractivity contribution in [3.63, 3.8) is 0 Å². The molecule has 0 aliphatic carbocycles. The highest BCUT2D eigenvalue weighted by molar-refractivity contribution is 5.70. The Morgan fingerprint density at radius 2 is 1.74 bits per heavy atom. The maximum absolute atomic E-state index is 13.6. The number of fused-ring (bicyclic) bond motifs is 1. The first-order valence-corrected chi connectivity index (χ1v) is 12.3. The van der Waals surface area contributed by atoms with E-state index in [4.69, 9.17) is 10.1 Å². The molecule has 0 radical (unpaired) electrons. The number of benzene rings is 1. The summed E-state index contributed by atoms with van der Waals surface area (Å²) in [5.74, 6) is 1.11. The second kappa shape index (κ2) is 8.95. The van der Waals surface area contributed by atoms with Crippen LogP contribution >= 0.6 is 0 Å². The van der Waals surface area contributed by atoms with Gasteiger partial charge in [-0.1, -0.05) is 26.8 Å².